The van der Waals surface area contributed by atoms with Crippen molar-refractivity contribution in [3.63, 3.8) is 0 Å². The van der Waals surface area contributed by atoms with Gasteiger partial charge in [-0.15, -0.1) is 0 Å². The van der Waals surface area contributed by atoms with E-state index in [9.17, 15) is 9.90 Å². The summed E-state index contributed by atoms with van der Waals surface area (Å²) < 4.78 is 0.830. The highest BCUT2D eigenvalue weighted by molar-refractivity contribution is 9.10. The third-order valence-corrected chi connectivity index (χ3v) is 8.94. The van der Waals surface area contributed by atoms with E-state index in [1.807, 2.05) is 19.2 Å². The third-order valence-electron chi connectivity index (χ3n) is 8.03. The monoisotopic (exact) mass is 561 g/mol. The second-order valence-corrected chi connectivity index (χ2v) is 11.7. The Morgan fingerprint density at radius 1 is 1.26 bits per heavy atom. The predicted molar refractivity (Wildman–Crippen MR) is 142 cm³/mol. The summed E-state index contributed by atoms with van der Waals surface area (Å²) in [7, 11) is 0. The number of halogens is 2. The number of carboxylic acid groups (broad SMARTS) is 1. The molecule has 0 unspecified atom stereocenters. The molecule has 1 aromatic heterocycles. The molecule has 0 spiro atoms. The van der Waals surface area contributed by atoms with E-state index in [2.05, 4.69) is 55.1 Å². The van der Waals surface area contributed by atoms with E-state index in [1.54, 1.807) is 0 Å². The van der Waals surface area contributed by atoms with Gasteiger partial charge in [-0.25, -0.2) is 4.98 Å². The number of aryl methyl sites for hydroxylation is 1. The molecule has 1 aromatic carbocycles. The van der Waals surface area contributed by atoms with Crippen molar-refractivity contribution >= 4 is 45.3 Å². The van der Waals surface area contributed by atoms with Gasteiger partial charge in [0.25, 0.3) is 0 Å². The van der Waals surface area contributed by atoms with Crippen molar-refractivity contribution in [2.75, 3.05) is 36.4 Å². The number of benzene rings is 1. The molecule has 2 aliphatic heterocycles. The number of aromatic nitrogens is 2. The van der Waals surface area contributed by atoms with Crippen molar-refractivity contribution in [1.29, 1.82) is 0 Å². The molecule has 9 heteroatoms. The molecule has 3 heterocycles. The Hall–Kier alpha value is -1.90. The number of aliphatic carboxylic acids is 1. The van der Waals surface area contributed by atoms with E-state index >= 15 is 0 Å². The maximum absolute atomic E-state index is 11.2. The van der Waals surface area contributed by atoms with Crippen LogP contribution in [0.4, 0.5) is 11.8 Å². The molecule has 0 amide bonds. The molecule has 2 aromatic rings. The number of hydrogen-bond acceptors (Lipinski definition) is 6. The highest BCUT2D eigenvalue weighted by atomic mass is 79.9. The highest BCUT2D eigenvalue weighted by Gasteiger charge is 2.42. The van der Waals surface area contributed by atoms with E-state index < -0.39 is 5.97 Å². The average molecular weight is 563 g/mol. The highest BCUT2D eigenvalue weighted by Crippen LogP contribution is 2.38. The lowest BCUT2D eigenvalue weighted by Crippen LogP contribution is -2.56. The van der Waals surface area contributed by atoms with Crippen molar-refractivity contribution in [1.82, 2.24) is 14.9 Å². The van der Waals surface area contributed by atoms with Crippen molar-refractivity contribution in [3.8, 4) is 0 Å². The van der Waals surface area contributed by atoms with Gasteiger partial charge in [0.2, 0.25) is 5.95 Å². The summed E-state index contributed by atoms with van der Waals surface area (Å²) in [5.41, 5.74) is 2.18. The molecule has 2 saturated heterocycles. The lowest BCUT2D eigenvalue weighted by molar-refractivity contribution is -0.147. The summed E-state index contributed by atoms with van der Waals surface area (Å²) in [6.07, 6.45) is 5.91. The molecule has 0 bridgehead atoms. The van der Waals surface area contributed by atoms with Gasteiger partial charge < -0.3 is 20.2 Å². The van der Waals surface area contributed by atoms with Crippen LogP contribution >= 0.6 is 27.5 Å². The van der Waals surface area contributed by atoms with Crippen molar-refractivity contribution in [2.45, 2.75) is 51.6 Å². The lowest BCUT2D eigenvalue weighted by atomic mass is 9.76. The SMILES string of the molecule is Cc1ccc([C@@H](C)Nc2nc(N3CC([C@H]4CCCN(C5CC(C(=O)O)C5)C4)C3)ncc2Br)c(Cl)c1. The van der Waals surface area contributed by atoms with Crippen LogP contribution in [0.3, 0.4) is 0 Å². The molecule has 0 radical (unpaired) electrons. The number of likely N-dealkylation sites (tertiary alicyclic amines) is 1. The van der Waals surface area contributed by atoms with Crippen LogP contribution in [0.15, 0.2) is 28.9 Å². The molecule has 1 saturated carbocycles. The van der Waals surface area contributed by atoms with Crippen LogP contribution in [0.5, 0.6) is 0 Å². The first-order valence-corrected chi connectivity index (χ1v) is 13.7. The number of nitrogens with zero attached hydrogens (tertiary/aromatic N) is 4. The maximum Gasteiger partial charge on any atom is 0.306 e. The summed E-state index contributed by atoms with van der Waals surface area (Å²) >= 11 is 10.1. The van der Waals surface area contributed by atoms with Crippen molar-refractivity contribution < 1.29 is 9.90 Å². The number of rotatable bonds is 7. The zero-order valence-corrected chi connectivity index (χ0v) is 22.6. The Bertz CT molecular complexity index is 1090. The quantitative estimate of drug-likeness (QED) is 0.469. The molecule has 188 valence electrons. The van der Waals surface area contributed by atoms with Crippen LogP contribution in [-0.4, -0.2) is 58.2 Å². The average Bonchev–Trinajstić information content (AvgIpc) is 2.74. The number of hydrogen-bond donors (Lipinski definition) is 2. The van der Waals surface area contributed by atoms with Gasteiger partial charge >= 0.3 is 5.97 Å². The van der Waals surface area contributed by atoms with Gasteiger partial charge in [-0.2, -0.15) is 4.98 Å². The molecule has 7 nitrogen and oxygen atoms in total. The third kappa shape index (κ3) is 5.30. The normalized spacial score (nSPS) is 26.1. The Kier molecular flexibility index (Phi) is 7.24. The van der Waals surface area contributed by atoms with Crippen molar-refractivity contribution in [3.05, 3.63) is 45.0 Å². The molecular weight excluding hydrogens is 530 g/mol. The first-order chi connectivity index (χ1) is 16.8. The molecule has 5 rings (SSSR count). The summed E-state index contributed by atoms with van der Waals surface area (Å²) in [4.78, 5) is 25.4. The summed E-state index contributed by atoms with van der Waals surface area (Å²) in [6, 6.07) is 6.58. The minimum Gasteiger partial charge on any atom is -0.481 e. The molecule has 35 heavy (non-hydrogen) atoms. The van der Waals surface area contributed by atoms with Crippen LogP contribution in [0.2, 0.25) is 5.02 Å². The number of piperidine rings is 1. The van der Waals surface area contributed by atoms with Gasteiger partial charge in [0.05, 0.1) is 16.4 Å². The van der Waals surface area contributed by atoms with E-state index in [1.165, 1.54) is 12.8 Å². The summed E-state index contributed by atoms with van der Waals surface area (Å²) in [5, 5.41) is 13.4. The zero-order chi connectivity index (χ0) is 24.7. The Morgan fingerprint density at radius 2 is 2.03 bits per heavy atom. The Balaban J connectivity index is 1.17. The Labute approximate surface area is 220 Å². The number of carboxylic acids is 1. The molecule has 2 atom stereocenters. The maximum atomic E-state index is 11.2. The second kappa shape index (κ2) is 10.2. The first kappa shape index (κ1) is 24.8. The topological polar surface area (TPSA) is 81.6 Å². The number of nitrogens with one attached hydrogen (secondary N) is 1. The summed E-state index contributed by atoms with van der Waals surface area (Å²) in [5.74, 6) is 2.06. The van der Waals surface area contributed by atoms with Crippen LogP contribution in [0.1, 0.15) is 49.8 Å². The van der Waals surface area contributed by atoms with Gasteiger partial charge in [-0.1, -0.05) is 23.7 Å². The molecule has 3 fully saturated rings. The molecule has 1 aliphatic carbocycles. The lowest BCUT2D eigenvalue weighted by Gasteiger charge is -2.50. The van der Waals surface area contributed by atoms with E-state index in [-0.39, 0.29) is 12.0 Å². The van der Waals surface area contributed by atoms with Crippen LogP contribution in [0.25, 0.3) is 0 Å². The second-order valence-electron chi connectivity index (χ2n) is 10.5. The van der Waals surface area contributed by atoms with Gasteiger partial charge in [-0.3, -0.25) is 4.79 Å². The fourth-order valence-corrected chi connectivity index (χ4v) is 6.40. The van der Waals surface area contributed by atoms with Crippen LogP contribution in [-0.2, 0) is 4.79 Å². The first-order valence-electron chi connectivity index (χ1n) is 12.6. The van der Waals surface area contributed by atoms with Gasteiger partial charge in [0.1, 0.15) is 5.82 Å². The van der Waals surface area contributed by atoms with Crippen LogP contribution in [0, 0.1) is 24.7 Å². The largest absolute Gasteiger partial charge is 0.481 e. The van der Waals surface area contributed by atoms with E-state index in [0.29, 0.717) is 17.9 Å². The van der Waals surface area contributed by atoms with Gasteiger partial charge in [0.15, 0.2) is 0 Å². The Morgan fingerprint density at radius 3 is 2.74 bits per heavy atom. The van der Waals surface area contributed by atoms with Gasteiger partial charge in [-0.05, 0) is 91.0 Å². The van der Waals surface area contributed by atoms with Gasteiger partial charge in [0, 0.05) is 36.9 Å². The van der Waals surface area contributed by atoms with E-state index in [4.69, 9.17) is 16.6 Å². The number of carbonyl (C=O) groups is 1. The predicted octanol–water partition coefficient (Wildman–Crippen LogP) is 5.39. The number of anilines is 2. The molecular formula is C26H33BrClN5O2. The van der Waals surface area contributed by atoms with Crippen molar-refractivity contribution in [2.24, 2.45) is 17.8 Å². The standard InChI is InChI=1S/C26H33BrClN5O2/c1-15-5-6-21(23(28)8-15)16(2)30-24-22(27)11-29-26(31-24)33-13-19(14-33)17-4-3-7-32(12-17)20-9-18(10-20)25(34)35/h5-6,8,11,16-20H,3-4,7,9-10,12-14H2,1-2H3,(H,34,35)(H,29,30,31)/t16-,17+,18?,20?/m1/s1. The van der Waals surface area contributed by atoms with E-state index in [0.717, 1.165) is 71.4 Å². The fourth-order valence-electron chi connectivity index (χ4n) is 5.70. The van der Waals surface area contributed by atoms with Crippen LogP contribution < -0.4 is 10.2 Å². The minimum absolute atomic E-state index is 0.00624. The fraction of sp³-hybridized carbons (Fsp3) is 0.577. The smallest absolute Gasteiger partial charge is 0.306 e. The molecule has 2 N–H and O–H groups in total. The zero-order valence-electron chi connectivity index (χ0n) is 20.3. The summed E-state index contributed by atoms with van der Waals surface area (Å²) in [6.45, 7) is 8.27. The minimum atomic E-state index is -0.635. The molecule has 3 aliphatic rings.